The van der Waals surface area contributed by atoms with Gasteiger partial charge in [0, 0.05) is 26.8 Å². The molecule has 0 unspecified atom stereocenters. The van der Waals surface area contributed by atoms with E-state index in [4.69, 9.17) is 30.9 Å². The highest BCUT2D eigenvalue weighted by Gasteiger charge is 2.50. The Balaban J connectivity index is 1.59. The van der Waals surface area contributed by atoms with Crippen LogP contribution in [0.15, 0.2) is 6.33 Å². The van der Waals surface area contributed by atoms with Crippen molar-refractivity contribution >= 4 is 42.0 Å². The van der Waals surface area contributed by atoms with E-state index in [1.165, 1.54) is 10.9 Å². The molecule has 0 radical (unpaired) electrons. The highest BCUT2D eigenvalue weighted by atomic mass is 35.5. The summed E-state index contributed by atoms with van der Waals surface area (Å²) in [6.07, 6.45) is -0.751. The molecule has 0 amide bonds. The topological polar surface area (TPSA) is 180 Å². The zero-order valence-electron chi connectivity index (χ0n) is 18.4. The average molecular weight is 520 g/mol. The molecule has 2 fully saturated rings. The third-order valence-corrected chi connectivity index (χ3v) is 6.98. The zero-order chi connectivity index (χ0) is 24.6. The summed E-state index contributed by atoms with van der Waals surface area (Å²) in [7, 11) is -2.76. The summed E-state index contributed by atoms with van der Waals surface area (Å²) >= 11 is 6.20. The predicted octanol–water partition coefficient (Wildman–Crippen LogP) is -0.0439. The number of aliphatic hydroxyl groups is 2. The van der Waals surface area contributed by atoms with Gasteiger partial charge in [-0.3, -0.25) is 9.36 Å². The summed E-state index contributed by atoms with van der Waals surface area (Å²) in [5.41, 5.74) is 0.640. The standard InChI is InChI=1S/C19H27ClN5O8P/c1-32-6-10-2-4-24(5-3-10)17-12-18(23-19(20)22-17)25(8-21-12)13-14(26)11(15(27)16(13)28)7-33-9-34(29,30)31/h8,10-11,13,15-16,27-28H,2-7,9H2,1H3,(H2,29,30,31)/t11-,13-,15-,16+/m0/s1. The SMILES string of the molecule is COCC1CCN(c2nc(Cl)nc3c2ncn3[C@H]2C(=O)[C@H](COCP(=O)(O)O)[C@H](O)[C@@H]2O)CC1. The molecule has 34 heavy (non-hydrogen) atoms. The number of piperidine rings is 1. The van der Waals surface area contributed by atoms with Gasteiger partial charge in [-0.2, -0.15) is 9.97 Å². The maximum absolute atomic E-state index is 13.1. The number of anilines is 1. The molecular weight excluding hydrogens is 493 g/mol. The van der Waals surface area contributed by atoms with Crippen LogP contribution in [-0.2, 0) is 18.8 Å². The molecule has 2 aromatic heterocycles. The minimum Gasteiger partial charge on any atom is -0.389 e. The van der Waals surface area contributed by atoms with Gasteiger partial charge in [-0.05, 0) is 30.4 Å². The summed E-state index contributed by atoms with van der Waals surface area (Å²) in [6.45, 7) is 1.66. The number of methoxy groups -OCH3 is 1. The van der Waals surface area contributed by atoms with E-state index < -0.39 is 50.5 Å². The molecule has 0 spiro atoms. The van der Waals surface area contributed by atoms with Crippen molar-refractivity contribution < 1.29 is 38.8 Å². The summed E-state index contributed by atoms with van der Waals surface area (Å²) in [5, 5.41) is 21.0. The van der Waals surface area contributed by atoms with Crippen LogP contribution < -0.4 is 4.90 Å². The van der Waals surface area contributed by atoms with E-state index in [-0.39, 0.29) is 10.9 Å². The van der Waals surface area contributed by atoms with Crippen molar-refractivity contribution in [1.82, 2.24) is 19.5 Å². The van der Waals surface area contributed by atoms with Crippen molar-refractivity contribution in [2.24, 2.45) is 11.8 Å². The van der Waals surface area contributed by atoms with Gasteiger partial charge in [-0.15, -0.1) is 0 Å². The number of Topliss-reactive ketones (excluding diaryl/α,β-unsaturated/α-hetero) is 1. The number of fused-ring (bicyclic) bond motifs is 1. The molecule has 188 valence electrons. The van der Waals surface area contributed by atoms with Gasteiger partial charge in [-0.25, -0.2) is 4.98 Å². The molecule has 1 saturated heterocycles. The summed E-state index contributed by atoms with van der Waals surface area (Å²) in [6, 6.07) is -1.23. The molecule has 1 aliphatic heterocycles. The number of hydrogen-bond acceptors (Lipinski definition) is 10. The molecule has 0 aromatic carbocycles. The highest BCUT2D eigenvalue weighted by Crippen LogP contribution is 2.38. The second kappa shape index (κ2) is 10.1. The minimum atomic E-state index is -4.44. The molecule has 1 aliphatic carbocycles. The van der Waals surface area contributed by atoms with Gasteiger partial charge in [0.05, 0.1) is 25.0 Å². The first-order valence-electron chi connectivity index (χ1n) is 10.8. The van der Waals surface area contributed by atoms with Crippen LogP contribution in [0.2, 0.25) is 5.28 Å². The average Bonchev–Trinajstić information content (AvgIpc) is 3.27. The van der Waals surface area contributed by atoms with E-state index in [1.54, 1.807) is 7.11 Å². The summed E-state index contributed by atoms with van der Waals surface area (Å²) in [4.78, 5) is 45.9. The lowest BCUT2D eigenvalue weighted by Gasteiger charge is -2.32. The number of ether oxygens (including phenoxy) is 2. The number of hydrogen-bond donors (Lipinski definition) is 4. The fraction of sp³-hybridized carbons (Fsp3) is 0.684. The lowest BCUT2D eigenvalue weighted by molar-refractivity contribution is -0.126. The number of aromatic nitrogens is 4. The number of aliphatic hydroxyl groups excluding tert-OH is 2. The second-order valence-corrected chi connectivity index (χ2v) is 10.6. The molecule has 13 nitrogen and oxygen atoms in total. The van der Waals surface area contributed by atoms with Crippen LogP contribution in [0, 0.1) is 11.8 Å². The molecule has 15 heteroatoms. The Bertz CT molecular complexity index is 1090. The van der Waals surface area contributed by atoms with Crippen molar-refractivity contribution in [3.8, 4) is 0 Å². The van der Waals surface area contributed by atoms with Gasteiger partial charge >= 0.3 is 7.60 Å². The number of nitrogens with zero attached hydrogens (tertiary/aromatic N) is 5. The van der Waals surface area contributed by atoms with Crippen molar-refractivity contribution in [1.29, 1.82) is 0 Å². The number of halogens is 1. The van der Waals surface area contributed by atoms with Crippen LogP contribution in [0.3, 0.4) is 0 Å². The van der Waals surface area contributed by atoms with Gasteiger partial charge in [0.25, 0.3) is 0 Å². The van der Waals surface area contributed by atoms with Gasteiger partial charge in [0.2, 0.25) is 5.28 Å². The van der Waals surface area contributed by atoms with Crippen LogP contribution in [-0.4, -0.2) is 97.3 Å². The van der Waals surface area contributed by atoms with E-state index in [1.807, 2.05) is 4.90 Å². The van der Waals surface area contributed by atoms with Crippen molar-refractivity contribution in [2.45, 2.75) is 31.1 Å². The molecule has 2 aliphatic rings. The molecule has 3 heterocycles. The normalized spacial score (nSPS) is 26.6. The Hall–Kier alpha value is -1.70. The number of rotatable bonds is 8. The number of carbonyl (C=O) groups excluding carboxylic acids is 1. The fourth-order valence-corrected chi connectivity index (χ4v) is 5.11. The van der Waals surface area contributed by atoms with Crippen LogP contribution in [0.25, 0.3) is 11.2 Å². The molecule has 0 bridgehead atoms. The van der Waals surface area contributed by atoms with Gasteiger partial charge < -0.3 is 38.9 Å². The minimum absolute atomic E-state index is 0.0507. The third kappa shape index (κ3) is 5.12. The Morgan fingerprint density at radius 1 is 1.18 bits per heavy atom. The number of carbonyl (C=O) groups is 1. The zero-order valence-corrected chi connectivity index (χ0v) is 20.0. The van der Waals surface area contributed by atoms with E-state index >= 15 is 0 Å². The molecule has 1 saturated carbocycles. The van der Waals surface area contributed by atoms with Crippen LogP contribution in [0.4, 0.5) is 5.82 Å². The Morgan fingerprint density at radius 3 is 2.53 bits per heavy atom. The van der Waals surface area contributed by atoms with E-state index in [2.05, 4.69) is 15.0 Å². The largest absolute Gasteiger partial charge is 0.389 e. The summed E-state index contributed by atoms with van der Waals surface area (Å²) < 4.78 is 22.5. The maximum Gasteiger partial charge on any atom is 0.350 e. The predicted molar refractivity (Wildman–Crippen MR) is 120 cm³/mol. The second-order valence-electron chi connectivity index (χ2n) is 8.63. The molecule has 4 rings (SSSR count). The molecule has 4 atom stereocenters. The van der Waals surface area contributed by atoms with Crippen LogP contribution in [0.5, 0.6) is 0 Å². The van der Waals surface area contributed by atoms with E-state index in [0.717, 1.165) is 12.8 Å². The Kier molecular flexibility index (Phi) is 7.56. The Morgan fingerprint density at radius 2 is 1.88 bits per heavy atom. The van der Waals surface area contributed by atoms with Crippen LogP contribution in [0.1, 0.15) is 18.9 Å². The molecular formula is C19H27ClN5O8P. The molecule has 4 N–H and O–H groups in total. The van der Waals surface area contributed by atoms with Crippen molar-refractivity contribution in [3.05, 3.63) is 11.6 Å². The monoisotopic (exact) mass is 519 g/mol. The van der Waals surface area contributed by atoms with Crippen molar-refractivity contribution in [3.63, 3.8) is 0 Å². The number of ketones is 1. The van der Waals surface area contributed by atoms with E-state index in [0.29, 0.717) is 36.9 Å². The van der Waals surface area contributed by atoms with E-state index in [9.17, 15) is 19.6 Å². The third-order valence-electron chi connectivity index (χ3n) is 6.29. The summed E-state index contributed by atoms with van der Waals surface area (Å²) in [5.74, 6) is -0.780. The maximum atomic E-state index is 13.1. The van der Waals surface area contributed by atoms with Gasteiger partial charge in [0.1, 0.15) is 18.5 Å². The van der Waals surface area contributed by atoms with Crippen molar-refractivity contribution in [2.75, 3.05) is 44.7 Å². The van der Waals surface area contributed by atoms with Crippen LogP contribution >= 0.6 is 19.2 Å². The lowest BCUT2D eigenvalue weighted by Crippen LogP contribution is -2.35. The fourth-order valence-electron chi connectivity index (χ4n) is 4.61. The molecule has 2 aromatic rings. The first kappa shape index (κ1) is 25.4. The number of imidazole rings is 1. The highest BCUT2D eigenvalue weighted by molar-refractivity contribution is 7.51. The van der Waals surface area contributed by atoms with Gasteiger partial charge in [-0.1, -0.05) is 0 Å². The smallest absolute Gasteiger partial charge is 0.350 e. The lowest BCUT2D eigenvalue weighted by atomic mass is 9.98. The first-order valence-corrected chi connectivity index (χ1v) is 12.9. The quantitative estimate of drug-likeness (QED) is 0.270. The van der Waals surface area contributed by atoms with Gasteiger partial charge in [0.15, 0.2) is 22.8 Å². The Labute approximate surface area is 199 Å². The first-order chi connectivity index (χ1) is 16.1.